The largest absolute Gasteiger partial charge is 0.483 e. The number of rotatable bonds is 14. The molecule has 27 heteroatoms. The molecule has 3 unspecified atom stereocenters. The third kappa shape index (κ3) is 9.83. The molecule has 12 atom stereocenters. The lowest BCUT2D eigenvalue weighted by molar-refractivity contribution is -0.301. The number of nitrogens with two attached hydrogens (primary N) is 1. The number of aromatic nitrogens is 4. The number of aliphatic hydroxyl groups excluding tert-OH is 3. The lowest BCUT2D eigenvalue weighted by Gasteiger charge is -2.45. The van der Waals surface area contributed by atoms with Crippen LogP contribution in [0.5, 0.6) is 0 Å². The van der Waals surface area contributed by atoms with E-state index in [1.165, 1.54) is 10.9 Å². The molecule has 0 aliphatic carbocycles. The quantitative estimate of drug-likeness (QED) is 0.0667. The van der Waals surface area contributed by atoms with Gasteiger partial charge >= 0.3 is 39.5 Å². The van der Waals surface area contributed by atoms with Crippen molar-refractivity contribution in [3.8, 4) is 0 Å². The van der Waals surface area contributed by atoms with Crippen LogP contribution in [0.15, 0.2) is 12.7 Å². The monoisotopic (exact) mass is 787 g/mol. The number of carbonyl (C=O) groups is 4. The van der Waals surface area contributed by atoms with Crippen LogP contribution in [0.1, 0.15) is 33.9 Å². The van der Waals surface area contributed by atoms with Crippen molar-refractivity contribution in [1.82, 2.24) is 19.5 Å². The van der Waals surface area contributed by atoms with Gasteiger partial charge in [0, 0.05) is 27.7 Å². The van der Waals surface area contributed by atoms with Gasteiger partial charge in [-0.05, 0) is 0 Å². The number of hydrogen-bond acceptors (Lipinski definition) is 22. The number of hydrogen-bond donors (Lipinski definition) is 6. The molecule has 25 nitrogen and oxygen atoms in total. The molecular formula is C25H35N5O20P2. The minimum absolute atomic E-state index is 0.00253. The number of nitrogens with zero attached hydrogens (tertiary/aromatic N) is 4. The first-order chi connectivity index (χ1) is 24.2. The number of phosphoric acid groups is 2. The number of aliphatic hydroxyl groups is 3. The maximum atomic E-state index is 13.1. The molecule has 2 aromatic heterocycles. The molecule has 0 spiro atoms. The molecule has 290 valence electrons. The number of ether oxygens (including phenoxy) is 6. The normalized spacial score (nSPS) is 30.4. The van der Waals surface area contributed by atoms with Crippen LogP contribution in [0.4, 0.5) is 5.82 Å². The van der Waals surface area contributed by atoms with Gasteiger partial charge in [-0.3, -0.25) is 32.8 Å². The van der Waals surface area contributed by atoms with Crippen LogP contribution in [-0.2, 0) is 70.1 Å². The van der Waals surface area contributed by atoms with Crippen LogP contribution in [0.3, 0.4) is 0 Å². The molecule has 2 aromatic rings. The molecule has 0 amide bonds. The van der Waals surface area contributed by atoms with Gasteiger partial charge in [-0.15, -0.1) is 0 Å². The van der Waals surface area contributed by atoms with Crippen molar-refractivity contribution in [3.05, 3.63) is 12.7 Å². The van der Waals surface area contributed by atoms with E-state index in [-0.39, 0.29) is 17.0 Å². The van der Waals surface area contributed by atoms with E-state index in [1.807, 2.05) is 0 Å². The second-order valence-electron chi connectivity index (χ2n) is 11.1. The van der Waals surface area contributed by atoms with E-state index in [0.29, 0.717) is 0 Å². The number of fused-ring (bicyclic) bond motifs is 1. The van der Waals surface area contributed by atoms with Crippen LogP contribution in [0.2, 0.25) is 0 Å². The summed E-state index contributed by atoms with van der Waals surface area (Å²) in [6.45, 7) is 1.52. The fraction of sp³-hybridized carbons (Fsp3) is 0.640. The van der Waals surface area contributed by atoms with E-state index >= 15 is 0 Å². The highest BCUT2D eigenvalue weighted by molar-refractivity contribution is 7.61. The molecular weight excluding hydrogens is 752 g/mol. The molecule has 4 heterocycles. The van der Waals surface area contributed by atoms with E-state index < -0.39 is 114 Å². The smallest absolute Gasteiger partial charge is 0.457 e. The summed E-state index contributed by atoms with van der Waals surface area (Å²) in [5.74, 6) is -4.22. The van der Waals surface area contributed by atoms with Gasteiger partial charge in [0.1, 0.15) is 36.3 Å². The Morgan fingerprint density at radius 1 is 0.885 bits per heavy atom. The van der Waals surface area contributed by atoms with Gasteiger partial charge < -0.3 is 59.3 Å². The Hall–Kier alpha value is -3.71. The summed E-state index contributed by atoms with van der Waals surface area (Å²) in [6.07, 6.45) is -16.0. The Bertz CT molecular complexity index is 1740. The first-order valence-corrected chi connectivity index (χ1v) is 17.8. The fourth-order valence-electron chi connectivity index (χ4n) is 5.23. The van der Waals surface area contributed by atoms with Gasteiger partial charge in [0.2, 0.25) is 6.29 Å². The molecule has 0 aromatic carbocycles. The number of imidazole rings is 1. The molecule has 52 heavy (non-hydrogen) atoms. The standard InChI is InChI=1S/C25H35N5O20P2/c1-9(32)43-13(5-31)18-19(44-10(2)33)20(45-11(3)34)21(46-12(4)35)25(48-18)49-52(40,41)50-51(38,39)42-6-14-16(36)17(37)24(47-14)30-8-29-15-22(26)27-7-28-23(15)30/h7-8,13-14,16-21,24-25,31,36-37H,5-6H2,1-4H3,(H,38,39)(H,40,41)(H2,26,27,28)/t13-,14+,16+,17+,18+,19+,20-,21-,24+,25?/m0/s1. The first-order valence-electron chi connectivity index (χ1n) is 14.8. The Morgan fingerprint density at radius 3 is 2.10 bits per heavy atom. The summed E-state index contributed by atoms with van der Waals surface area (Å²) >= 11 is 0. The molecule has 0 radical (unpaired) electrons. The van der Waals surface area contributed by atoms with Crippen LogP contribution in [0, 0.1) is 0 Å². The predicted molar refractivity (Wildman–Crippen MR) is 161 cm³/mol. The third-order valence-corrected chi connectivity index (χ3v) is 9.75. The summed E-state index contributed by atoms with van der Waals surface area (Å²) in [4.78, 5) is 80.5. The molecule has 2 aliphatic rings. The third-order valence-electron chi connectivity index (χ3n) is 7.14. The summed E-state index contributed by atoms with van der Waals surface area (Å²) in [6, 6.07) is 0. The van der Waals surface area contributed by atoms with Crippen molar-refractivity contribution >= 4 is 56.5 Å². The summed E-state index contributed by atoms with van der Waals surface area (Å²) in [5.41, 5.74) is 6.01. The number of anilines is 1. The fourth-order valence-corrected chi connectivity index (χ4v) is 7.39. The SMILES string of the molecule is CC(=O)O[C@@H]1[C@@H]([C@H](CO)OC(C)=O)OC(OP(=O)(O)OP(=O)(O)OC[C@H]2O[C@@H](n3cnc4c(N)ncnc43)[C@H](O)[C@@H]2O)[C@@H](OC(C)=O)[C@H]1OC(C)=O. The number of nitrogen functional groups attached to an aromatic ring is 1. The molecule has 4 rings (SSSR count). The molecule has 0 bridgehead atoms. The van der Waals surface area contributed by atoms with E-state index in [4.69, 9.17) is 43.2 Å². The molecule has 2 fully saturated rings. The molecule has 2 saturated heterocycles. The van der Waals surface area contributed by atoms with Gasteiger partial charge in [-0.25, -0.2) is 24.1 Å². The van der Waals surface area contributed by atoms with E-state index in [2.05, 4.69) is 19.3 Å². The minimum Gasteiger partial charge on any atom is -0.457 e. The van der Waals surface area contributed by atoms with Gasteiger partial charge in [0.25, 0.3) is 0 Å². The number of phosphoric ester groups is 2. The van der Waals surface area contributed by atoms with E-state index in [0.717, 1.165) is 34.0 Å². The van der Waals surface area contributed by atoms with Gasteiger partial charge in [-0.2, -0.15) is 4.31 Å². The lowest BCUT2D eigenvalue weighted by atomic mass is 9.94. The predicted octanol–water partition coefficient (Wildman–Crippen LogP) is -2.28. The highest BCUT2D eigenvalue weighted by atomic mass is 31.3. The summed E-state index contributed by atoms with van der Waals surface area (Å²) in [5, 5.41) is 31.1. The highest BCUT2D eigenvalue weighted by Gasteiger charge is 2.57. The molecule has 0 saturated carbocycles. The minimum atomic E-state index is -5.90. The van der Waals surface area contributed by atoms with Gasteiger partial charge in [0.05, 0.1) is 19.5 Å². The van der Waals surface area contributed by atoms with E-state index in [9.17, 15) is 53.4 Å². The average molecular weight is 788 g/mol. The van der Waals surface area contributed by atoms with Crippen molar-refractivity contribution < 1.29 is 95.2 Å². The zero-order valence-electron chi connectivity index (χ0n) is 27.5. The average Bonchev–Trinajstić information content (AvgIpc) is 3.57. The van der Waals surface area contributed by atoms with Crippen LogP contribution in [0.25, 0.3) is 11.2 Å². The van der Waals surface area contributed by atoms with Crippen molar-refractivity contribution in [1.29, 1.82) is 0 Å². The van der Waals surface area contributed by atoms with Crippen LogP contribution < -0.4 is 5.73 Å². The van der Waals surface area contributed by atoms with Gasteiger partial charge in [0.15, 0.2) is 42.1 Å². The first kappa shape index (κ1) is 41.1. The Kier molecular flexibility index (Phi) is 13.1. The highest BCUT2D eigenvalue weighted by Crippen LogP contribution is 2.61. The lowest BCUT2D eigenvalue weighted by Crippen LogP contribution is -2.65. The van der Waals surface area contributed by atoms with Crippen LogP contribution in [-0.4, -0.2) is 137 Å². The number of carbonyl (C=O) groups excluding carboxylic acids is 4. The van der Waals surface area contributed by atoms with E-state index in [1.54, 1.807) is 0 Å². The van der Waals surface area contributed by atoms with Crippen LogP contribution >= 0.6 is 15.6 Å². The van der Waals surface area contributed by atoms with Crippen molar-refractivity contribution in [2.45, 2.75) is 89.0 Å². The Labute approximate surface area is 292 Å². The second kappa shape index (κ2) is 16.5. The zero-order valence-corrected chi connectivity index (χ0v) is 29.3. The second-order valence-corrected chi connectivity index (χ2v) is 14.1. The topological polar surface area (TPSA) is 356 Å². The van der Waals surface area contributed by atoms with Crippen molar-refractivity contribution in [2.75, 3.05) is 18.9 Å². The maximum absolute atomic E-state index is 13.1. The summed E-state index contributed by atoms with van der Waals surface area (Å²) < 4.78 is 72.7. The molecule has 2 aliphatic heterocycles. The molecule has 7 N–H and O–H groups in total. The maximum Gasteiger partial charge on any atom is 0.483 e. The van der Waals surface area contributed by atoms with Crippen molar-refractivity contribution in [2.24, 2.45) is 0 Å². The Morgan fingerprint density at radius 2 is 1.50 bits per heavy atom. The van der Waals surface area contributed by atoms with Crippen molar-refractivity contribution in [3.63, 3.8) is 0 Å². The Balaban J connectivity index is 1.53. The summed E-state index contributed by atoms with van der Waals surface area (Å²) in [7, 11) is -11.6. The van der Waals surface area contributed by atoms with Gasteiger partial charge in [-0.1, -0.05) is 0 Å². The zero-order chi connectivity index (χ0) is 38.7. The number of esters is 4.